The van der Waals surface area contributed by atoms with Crippen LogP contribution in [0.15, 0.2) is 23.2 Å². The van der Waals surface area contributed by atoms with E-state index in [2.05, 4.69) is 4.98 Å². The highest BCUT2D eigenvalue weighted by atomic mass is 35.5. The monoisotopic (exact) mass is 246 g/mol. The van der Waals surface area contributed by atoms with Crippen LogP contribution in [0.1, 0.15) is 6.92 Å². The fourth-order valence-electron chi connectivity index (χ4n) is 0.920. The summed E-state index contributed by atoms with van der Waals surface area (Å²) in [5.41, 5.74) is 4.88. The van der Waals surface area contributed by atoms with Gasteiger partial charge in [-0.1, -0.05) is 11.6 Å². The van der Waals surface area contributed by atoms with E-state index >= 15 is 0 Å². The highest BCUT2D eigenvalue weighted by molar-refractivity contribution is 7.99. The van der Waals surface area contributed by atoms with E-state index in [-0.39, 0.29) is 6.10 Å². The van der Waals surface area contributed by atoms with Gasteiger partial charge < -0.3 is 10.5 Å². The second-order valence-electron chi connectivity index (χ2n) is 2.87. The Hall–Kier alpha value is -0.940. The SMILES string of the molecule is C[C@@H](CSc1ccnc(Cl)c1)OC(N)=O. The van der Waals surface area contributed by atoms with Crippen LogP contribution in [0, 0.1) is 0 Å². The predicted octanol–water partition coefficient (Wildman–Crippen LogP) is 2.31. The third kappa shape index (κ3) is 4.90. The Kier molecular flexibility index (Phi) is 4.71. The van der Waals surface area contributed by atoms with Crippen LogP contribution >= 0.6 is 23.4 Å². The van der Waals surface area contributed by atoms with Gasteiger partial charge in [0, 0.05) is 16.8 Å². The van der Waals surface area contributed by atoms with E-state index in [0.717, 1.165) is 4.90 Å². The number of halogens is 1. The van der Waals surface area contributed by atoms with Crippen LogP contribution in [0.25, 0.3) is 0 Å². The quantitative estimate of drug-likeness (QED) is 0.654. The lowest BCUT2D eigenvalue weighted by atomic mass is 10.5. The summed E-state index contributed by atoms with van der Waals surface area (Å²) in [7, 11) is 0. The van der Waals surface area contributed by atoms with Gasteiger partial charge in [-0.2, -0.15) is 0 Å². The van der Waals surface area contributed by atoms with Crippen LogP contribution in [-0.4, -0.2) is 22.9 Å². The molecule has 1 amide bonds. The molecule has 1 aromatic rings. The van der Waals surface area contributed by atoms with E-state index in [9.17, 15) is 4.79 Å². The molecule has 6 heteroatoms. The van der Waals surface area contributed by atoms with Gasteiger partial charge >= 0.3 is 6.09 Å². The minimum absolute atomic E-state index is 0.223. The first-order chi connectivity index (χ1) is 7.08. The van der Waals surface area contributed by atoms with E-state index in [1.54, 1.807) is 19.2 Å². The minimum Gasteiger partial charge on any atom is -0.446 e. The minimum atomic E-state index is -0.754. The van der Waals surface area contributed by atoms with Crippen molar-refractivity contribution in [1.29, 1.82) is 0 Å². The van der Waals surface area contributed by atoms with Crippen molar-refractivity contribution in [2.75, 3.05) is 5.75 Å². The molecule has 1 aromatic heterocycles. The molecule has 4 nitrogen and oxygen atoms in total. The summed E-state index contributed by atoms with van der Waals surface area (Å²) in [6.45, 7) is 1.78. The van der Waals surface area contributed by atoms with E-state index in [1.165, 1.54) is 11.8 Å². The van der Waals surface area contributed by atoms with Crippen molar-refractivity contribution in [3.05, 3.63) is 23.5 Å². The topological polar surface area (TPSA) is 65.2 Å². The maximum absolute atomic E-state index is 10.4. The summed E-state index contributed by atoms with van der Waals surface area (Å²) >= 11 is 7.24. The maximum Gasteiger partial charge on any atom is 0.404 e. The molecule has 0 aliphatic heterocycles. The van der Waals surface area contributed by atoms with Crippen molar-refractivity contribution in [1.82, 2.24) is 4.98 Å². The largest absolute Gasteiger partial charge is 0.446 e. The molecule has 1 rings (SSSR count). The van der Waals surface area contributed by atoms with Crippen molar-refractivity contribution in [2.24, 2.45) is 5.73 Å². The summed E-state index contributed by atoms with van der Waals surface area (Å²) in [5.74, 6) is 0.628. The lowest BCUT2D eigenvalue weighted by Crippen LogP contribution is -2.21. The molecule has 0 unspecified atom stereocenters. The first-order valence-corrected chi connectivity index (χ1v) is 5.64. The van der Waals surface area contributed by atoms with Gasteiger partial charge in [0.15, 0.2) is 0 Å². The Bertz CT molecular complexity index is 349. The number of primary amides is 1. The van der Waals surface area contributed by atoms with Gasteiger partial charge in [-0.05, 0) is 19.1 Å². The number of nitrogens with two attached hydrogens (primary N) is 1. The van der Waals surface area contributed by atoms with Gasteiger partial charge in [0.1, 0.15) is 11.3 Å². The zero-order valence-corrected chi connectivity index (χ0v) is 9.72. The number of amides is 1. The van der Waals surface area contributed by atoms with Crippen molar-refractivity contribution in [2.45, 2.75) is 17.9 Å². The number of hydrogen-bond donors (Lipinski definition) is 1. The Morgan fingerprint density at radius 1 is 1.80 bits per heavy atom. The maximum atomic E-state index is 10.4. The van der Waals surface area contributed by atoms with Crippen molar-refractivity contribution in [3.8, 4) is 0 Å². The molecule has 0 spiro atoms. The van der Waals surface area contributed by atoms with Crippen molar-refractivity contribution in [3.63, 3.8) is 0 Å². The average molecular weight is 247 g/mol. The smallest absolute Gasteiger partial charge is 0.404 e. The summed E-state index contributed by atoms with van der Waals surface area (Å²) in [5, 5.41) is 0.448. The number of hydrogen-bond acceptors (Lipinski definition) is 4. The number of nitrogens with zero attached hydrogens (tertiary/aromatic N) is 1. The predicted molar refractivity (Wildman–Crippen MR) is 60.1 cm³/mol. The molecule has 1 atom stereocenters. The third-order valence-electron chi connectivity index (χ3n) is 1.50. The number of carbonyl (C=O) groups is 1. The first-order valence-electron chi connectivity index (χ1n) is 4.28. The molecule has 2 N–H and O–H groups in total. The van der Waals surface area contributed by atoms with Crippen LogP contribution < -0.4 is 5.73 Å². The first kappa shape index (κ1) is 12.1. The van der Waals surface area contributed by atoms with Gasteiger partial charge in [0.25, 0.3) is 0 Å². The number of rotatable bonds is 4. The van der Waals surface area contributed by atoms with Crippen LogP contribution in [0.3, 0.4) is 0 Å². The number of aromatic nitrogens is 1. The molecule has 0 fully saturated rings. The molecule has 0 aliphatic rings. The van der Waals surface area contributed by atoms with Crippen LogP contribution in [0.5, 0.6) is 0 Å². The zero-order valence-electron chi connectivity index (χ0n) is 8.14. The van der Waals surface area contributed by atoms with E-state index in [1.807, 2.05) is 6.07 Å². The standard InChI is InChI=1S/C9H11ClN2O2S/c1-6(14-9(11)13)5-15-7-2-3-12-8(10)4-7/h2-4,6H,5H2,1H3,(H2,11,13)/t6-/m0/s1. The fourth-order valence-corrected chi connectivity index (χ4v) is 2.01. The Morgan fingerprint density at radius 3 is 3.13 bits per heavy atom. The van der Waals surface area contributed by atoms with Crippen LogP contribution in [0.2, 0.25) is 5.15 Å². The van der Waals surface area contributed by atoms with Crippen molar-refractivity contribution < 1.29 is 9.53 Å². The van der Waals surface area contributed by atoms with Gasteiger partial charge in [0.2, 0.25) is 0 Å². The van der Waals surface area contributed by atoms with Gasteiger partial charge in [-0.25, -0.2) is 9.78 Å². The summed E-state index contributed by atoms with van der Waals surface area (Å²) in [4.78, 5) is 15.3. The lowest BCUT2D eigenvalue weighted by Gasteiger charge is -2.10. The molecular formula is C9H11ClN2O2S. The zero-order chi connectivity index (χ0) is 11.3. The molecule has 0 saturated heterocycles. The van der Waals surface area contributed by atoms with Gasteiger partial charge in [-0.3, -0.25) is 0 Å². The average Bonchev–Trinajstić information content (AvgIpc) is 2.14. The third-order valence-corrected chi connectivity index (χ3v) is 2.93. The molecule has 0 saturated carbocycles. The Balaban J connectivity index is 2.40. The number of pyridine rings is 1. The molecule has 0 aliphatic carbocycles. The second-order valence-corrected chi connectivity index (χ2v) is 4.35. The Labute approximate surface area is 97.2 Å². The molecule has 1 heterocycles. The fraction of sp³-hybridized carbons (Fsp3) is 0.333. The molecule has 0 aromatic carbocycles. The van der Waals surface area contributed by atoms with Crippen molar-refractivity contribution >= 4 is 29.5 Å². The number of ether oxygens (including phenoxy) is 1. The molecule has 15 heavy (non-hydrogen) atoms. The van der Waals surface area contributed by atoms with Crippen LogP contribution in [0.4, 0.5) is 4.79 Å². The molecule has 0 radical (unpaired) electrons. The van der Waals surface area contributed by atoms with Gasteiger partial charge in [-0.15, -0.1) is 11.8 Å². The summed E-state index contributed by atoms with van der Waals surface area (Å²) < 4.78 is 4.77. The van der Waals surface area contributed by atoms with Crippen LogP contribution in [-0.2, 0) is 4.74 Å². The van der Waals surface area contributed by atoms with E-state index < -0.39 is 6.09 Å². The molecule has 82 valence electrons. The van der Waals surface area contributed by atoms with E-state index in [0.29, 0.717) is 10.9 Å². The normalized spacial score (nSPS) is 12.1. The second kappa shape index (κ2) is 5.82. The van der Waals surface area contributed by atoms with E-state index in [4.69, 9.17) is 22.1 Å². The van der Waals surface area contributed by atoms with Gasteiger partial charge in [0.05, 0.1) is 0 Å². The summed E-state index contributed by atoms with van der Waals surface area (Å²) in [6.07, 6.45) is 0.653. The summed E-state index contributed by atoms with van der Waals surface area (Å²) in [6, 6.07) is 3.59. The highest BCUT2D eigenvalue weighted by Crippen LogP contribution is 2.21. The molecule has 0 bridgehead atoms. The highest BCUT2D eigenvalue weighted by Gasteiger charge is 2.06. The Morgan fingerprint density at radius 2 is 2.53 bits per heavy atom. The lowest BCUT2D eigenvalue weighted by molar-refractivity contribution is 0.127. The number of carbonyl (C=O) groups excluding carboxylic acids is 1. The molecular weight excluding hydrogens is 236 g/mol. The number of thioether (sulfide) groups is 1.